The summed E-state index contributed by atoms with van der Waals surface area (Å²) in [5.41, 5.74) is 1.04. The molecule has 0 bridgehead atoms. The maximum atomic E-state index is 12.5. The number of sulfone groups is 1. The number of anilines is 1. The van der Waals surface area contributed by atoms with Gasteiger partial charge in [0.25, 0.3) is 10.0 Å². The van der Waals surface area contributed by atoms with Crippen LogP contribution in [0, 0.1) is 0 Å². The maximum Gasteiger partial charge on any atom is 0.261 e. The number of rotatable bonds is 4. The van der Waals surface area contributed by atoms with Crippen LogP contribution >= 0.6 is 0 Å². The number of hydrogen-bond donors (Lipinski definition) is 1. The normalized spacial score (nSPS) is 14.1. The molecule has 0 aliphatic carbocycles. The molecule has 2 aromatic carbocycles. The average molecular weight is 353 g/mol. The Morgan fingerprint density at radius 1 is 1.00 bits per heavy atom. The minimum absolute atomic E-state index is 0.0556. The Morgan fingerprint density at radius 3 is 2.52 bits per heavy atom. The molecule has 122 valence electrons. The summed E-state index contributed by atoms with van der Waals surface area (Å²) in [7, 11) is -7.20. The molecule has 0 spiro atoms. The second kappa shape index (κ2) is 5.54. The van der Waals surface area contributed by atoms with Gasteiger partial charge in [-0.15, -0.1) is 0 Å². The quantitative estimate of drug-likeness (QED) is 0.906. The summed E-state index contributed by atoms with van der Waals surface area (Å²) in [4.78, 5) is 0.173. The van der Waals surface area contributed by atoms with Crippen molar-refractivity contribution in [2.45, 2.75) is 16.2 Å². The molecule has 1 heterocycles. The lowest BCUT2D eigenvalue weighted by Crippen LogP contribution is -2.13. The topological polar surface area (TPSA) is 89.5 Å². The van der Waals surface area contributed by atoms with Crippen molar-refractivity contribution in [3.8, 4) is 5.75 Å². The van der Waals surface area contributed by atoms with E-state index in [1.54, 1.807) is 12.1 Å². The molecule has 0 aromatic heterocycles. The number of hydrogen-bond acceptors (Lipinski definition) is 5. The van der Waals surface area contributed by atoms with Gasteiger partial charge in [-0.1, -0.05) is 6.07 Å². The van der Waals surface area contributed by atoms with Crippen LogP contribution in [0.4, 0.5) is 5.69 Å². The van der Waals surface area contributed by atoms with Crippen molar-refractivity contribution >= 4 is 25.5 Å². The number of benzene rings is 2. The molecule has 1 N–H and O–H groups in total. The minimum atomic E-state index is -3.80. The number of sulfonamides is 1. The molecular weight excluding hydrogens is 338 g/mol. The van der Waals surface area contributed by atoms with Gasteiger partial charge in [0.1, 0.15) is 5.75 Å². The molecule has 0 amide bonds. The van der Waals surface area contributed by atoms with Crippen LogP contribution in [0.5, 0.6) is 5.75 Å². The number of fused-ring (bicyclic) bond motifs is 1. The van der Waals surface area contributed by atoms with E-state index in [1.165, 1.54) is 30.3 Å². The van der Waals surface area contributed by atoms with Gasteiger partial charge in [-0.25, -0.2) is 16.8 Å². The highest BCUT2D eigenvalue weighted by Gasteiger charge is 2.20. The standard InChI is InChI=1S/C15H15NO5S2/c1-22(17,18)13-4-2-3-12(10-13)16-23(19,20)14-5-6-15-11(9-14)7-8-21-15/h2-6,9-10,16H,7-8H2,1H3. The van der Waals surface area contributed by atoms with E-state index < -0.39 is 19.9 Å². The first-order valence-electron chi connectivity index (χ1n) is 6.84. The van der Waals surface area contributed by atoms with E-state index in [0.717, 1.165) is 11.8 Å². The van der Waals surface area contributed by atoms with Crippen molar-refractivity contribution in [3.05, 3.63) is 48.0 Å². The summed E-state index contributed by atoms with van der Waals surface area (Å²) < 4.78 is 55.8. The van der Waals surface area contributed by atoms with Gasteiger partial charge in [-0.05, 0) is 42.0 Å². The predicted octanol–water partition coefficient (Wildman–Crippen LogP) is 1.83. The van der Waals surface area contributed by atoms with Crippen molar-refractivity contribution < 1.29 is 21.6 Å². The van der Waals surface area contributed by atoms with Gasteiger partial charge < -0.3 is 4.74 Å². The lowest BCUT2D eigenvalue weighted by molar-refractivity contribution is 0.356. The Labute approximate surface area is 135 Å². The Bertz CT molecular complexity index is 965. The second-order valence-electron chi connectivity index (χ2n) is 5.27. The van der Waals surface area contributed by atoms with Crippen molar-refractivity contribution in [1.82, 2.24) is 0 Å². The number of nitrogens with one attached hydrogen (secondary N) is 1. The lowest BCUT2D eigenvalue weighted by atomic mass is 10.2. The first kappa shape index (κ1) is 15.8. The smallest absolute Gasteiger partial charge is 0.261 e. The Balaban J connectivity index is 1.93. The third kappa shape index (κ3) is 3.32. The van der Waals surface area contributed by atoms with Crippen molar-refractivity contribution in [2.75, 3.05) is 17.6 Å². The first-order chi connectivity index (χ1) is 10.8. The molecule has 8 heteroatoms. The zero-order valence-corrected chi connectivity index (χ0v) is 13.9. The molecule has 0 atom stereocenters. The van der Waals surface area contributed by atoms with E-state index in [2.05, 4.69) is 4.72 Å². The highest BCUT2D eigenvalue weighted by atomic mass is 32.2. The molecule has 0 saturated heterocycles. The number of ether oxygens (including phenoxy) is 1. The molecule has 0 radical (unpaired) electrons. The predicted molar refractivity (Wildman–Crippen MR) is 86.0 cm³/mol. The van der Waals surface area contributed by atoms with Gasteiger partial charge >= 0.3 is 0 Å². The molecule has 3 rings (SSSR count). The van der Waals surface area contributed by atoms with Crippen LogP contribution in [0.2, 0.25) is 0 Å². The lowest BCUT2D eigenvalue weighted by Gasteiger charge is -2.10. The van der Waals surface area contributed by atoms with Gasteiger partial charge in [0.05, 0.1) is 22.1 Å². The fourth-order valence-electron chi connectivity index (χ4n) is 2.33. The molecule has 0 saturated carbocycles. The van der Waals surface area contributed by atoms with Crippen molar-refractivity contribution in [3.63, 3.8) is 0 Å². The molecule has 23 heavy (non-hydrogen) atoms. The van der Waals surface area contributed by atoms with Gasteiger partial charge in [-0.3, -0.25) is 4.72 Å². The van der Waals surface area contributed by atoms with Crippen LogP contribution < -0.4 is 9.46 Å². The highest BCUT2D eigenvalue weighted by molar-refractivity contribution is 7.92. The Hall–Kier alpha value is -2.06. The fourth-order valence-corrected chi connectivity index (χ4v) is 4.10. The molecular formula is C15H15NO5S2. The molecule has 1 aliphatic rings. The maximum absolute atomic E-state index is 12.5. The van der Waals surface area contributed by atoms with Gasteiger partial charge in [-0.2, -0.15) is 0 Å². The van der Waals surface area contributed by atoms with Crippen LogP contribution in [0.15, 0.2) is 52.3 Å². The zero-order valence-electron chi connectivity index (χ0n) is 12.3. The van der Waals surface area contributed by atoms with Crippen LogP contribution in [0.1, 0.15) is 5.56 Å². The summed E-state index contributed by atoms with van der Waals surface area (Å²) >= 11 is 0. The molecule has 0 unspecified atom stereocenters. The highest BCUT2D eigenvalue weighted by Crippen LogP contribution is 2.28. The fraction of sp³-hybridized carbons (Fsp3) is 0.200. The van der Waals surface area contributed by atoms with Gasteiger partial charge in [0, 0.05) is 12.7 Å². The Morgan fingerprint density at radius 2 is 1.78 bits per heavy atom. The third-order valence-corrected chi connectivity index (χ3v) is 5.97. The third-order valence-electron chi connectivity index (χ3n) is 3.49. The SMILES string of the molecule is CS(=O)(=O)c1cccc(NS(=O)(=O)c2ccc3c(c2)CCO3)c1. The van der Waals surface area contributed by atoms with E-state index in [0.29, 0.717) is 18.8 Å². The molecule has 1 aliphatic heterocycles. The Kier molecular flexibility index (Phi) is 3.81. The summed E-state index contributed by atoms with van der Waals surface area (Å²) in [6, 6.07) is 10.4. The van der Waals surface area contributed by atoms with Gasteiger partial charge in [0.2, 0.25) is 0 Å². The van der Waals surface area contributed by atoms with E-state index in [4.69, 9.17) is 4.74 Å². The van der Waals surface area contributed by atoms with Crippen molar-refractivity contribution in [1.29, 1.82) is 0 Å². The summed E-state index contributed by atoms with van der Waals surface area (Å²) in [6.45, 7) is 0.544. The summed E-state index contributed by atoms with van der Waals surface area (Å²) in [5, 5.41) is 0. The largest absolute Gasteiger partial charge is 0.493 e. The molecule has 6 nitrogen and oxygen atoms in total. The minimum Gasteiger partial charge on any atom is -0.493 e. The summed E-state index contributed by atoms with van der Waals surface area (Å²) in [5.74, 6) is 0.697. The molecule has 0 fully saturated rings. The van der Waals surface area contributed by atoms with E-state index >= 15 is 0 Å². The van der Waals surface area contributed by atoms with E-state index in [-0.39, 0.29) is 15.5 Å². The van der Waals surface area contributed by atoms with Crippen molar-refractivity contribution in [2.24, 2.45) is 0 Å². The van der Waals surface area contributed by atoms with E-state index in [1.807, 2.05) is 0 Å². The second-order valence-corrected chi connectivity index (χ2v) is 8.97. The van der Waals surface area contributed by atoms with Gasteiger partial charge in [0.15, 0.2) is 9.84 Å². The van der Waals surface area contributed by atoms with Crippen LogP contribution in [0.25, 0.3) is 0 Å². The molecule has 2 aromatic rings. The summed E-state index contributed by atoms with van der Waals surface area (Å²) in [6.07, 6.45) is 1.74. The van der Waals surface area contributed by atoms with Crippen LogP contribution in [0.3, 0.4) is 0 Å². The van der Waals surface area contributed by atoms with E-state index in [9.17, 15) is 16.8 Å². The zero-order chi connectivity index (χ0) is 16.7. The monoisotopic (exact) mass is 353 g/mol. The van der Waals surface area contributed by atoms with Crippen LogP contribution in [-0.4, -0.2) is 29.7 Å². The van der Waals surface area contributed by atoms with Crippen LogP contribution in [-0.2, 0) is 26.3 Å². The average Bonchev–Trinajstić information content (AvgIpc) is 2.93. The first-order valence-corrected chi connectivity index (χ1v) is 10.2.